The lowest BCUT2D eigenvalue weighted by Crippen LogP contribution is -2.24. The first kappa shape index (κ1) is 16.4. The maximum Gasteiger partial charge on any atom is 0.355 e. The number of fused-ring (bicyclic) bond motifs is 1. The molecule has 1 aromatic heterocycles. The van der Waals surface area contributed by atoms with Crippen molar-refractivity contribution in [3.63, 3.8) is 0 Å². The van der Waals surface area contributed by atoms with Gasteiger partial charge in [0.15, 0.2) is 5.69 Å². The molecule has 3 rings (SSSR count). The predicted molar refractivity (Wildman–Crippen MR) is 98.8 cm³/mol. The molecule has 5 heteroatoms. The molecule has 0 amide bonds. The molecule has 1 heterocycles. The van der Waals surface area contributed by atoms with Crippen LogP contribution in [-0.4, -0.2) is 28.7 Å². The van der Waals surface area contributed by atoms with Crippen LogP contribution < -0.4 is 4.90 Å². The molecule has 0 fully saturated rings. The predicted octanol–water partition coefficient (Wildman–Crippen LogP) is 4.83. The summed E-state index contributed by atoms with van der Waals surface area (Å²) in [7, 11) is 0. The van der Waals surface area contributed by atoms with Crippen molar-refractivity contribution in [3.05, 3.63) is 59.2 Å². The summed E-state index contributed by atoms with van der Waals surface area (Å²) in [5.41, 5.74) is 2.64. The number of nitrogens with zero attached hydrogens (tertiary/aromatic N) is 2. The van der Waals surface area contributed by atoms with Crippen molar-refractivity contribution in [2.45, 2.75) is 13.8 Å². The molecule has 0 saturated heterocycles. The van der Waals surface area contributed by atoms with E-state index in [1.54, 1.807) is 10.6 Å². The lowest BCUT2D eigenvalue weighted by molar-refractivity contribution is 0.0689. The van der Waals surface area contributed by atoms with Gasteiger partial charge in [-0.05, 0) is 44.2 Å². The van der Waals surface area contributed by atoms with Gasteiger partial charge in [0.1, 0.15) is 0 Å². The quantitative estimate of drug-likeness (QED) is 0.722. The van der Waals surface area contributed by atoms with Crippen molar-refractivity contribution in [1.29, 1.82) is 0 Å². The van der Waals surface area contributed by atoms with Crippen LogP contribution in [-0.2, 0) is 0 Å². The van der Waals surface area contributed by atoms with E-state index in [1.807, 2.05) is 56.3 Å². The zero-order valence-corrected chi connectivity index (χ0v) is 14.4. The number of halogens is 1. The molecule has 0 saturated carbocycles. The number of carboxylic acids is 1. The van der Waals surface area contributed by atoms with Gasteiger partial charge in [-0.15, -0.1) is 0 Å². The van der Waals surface area contributed by atoms with Gasteiger partial charge >= 0.3 is 5.97 Å². The molecular weight excluding hydrogens is 324 g/mol. The smallest absolute Gasteiger partial charge is 0.355 e. The summed E-state index contributed by atoms with van der Waals surface area (Å²) in [6.07, 6.45) is 0. The van der Waals surface area contributed by atoms with Gasteiger partial charge in [-0.1, -0.05) is 29.8 Å². The van der Waals surface area contributed by atoms with Crippen LogP contribution in [0.1, 0.15) is 24.3 Å². The van der Waals surface area contributed by atoms with Crippen LogP contribution in [0.2, 0.25) is 5.02 Å². The molecular formula is C19H19ClN2O2. The first-order chi connectivity index (χ1) is 11.6. The molecule has 3 aromatic rings. The molecule has 4 nitrogen and oxygen atoms in total. The van der Waals surface area contributed by atoms with E-state index < -0.39 is 5.97 Å². The van der Waals surface area contributed by atoms with E-state index in [9.17, 15) is 9.90 Å². The summed E-state index contributed by atoms with van der Waals surface area (Å²) in [5.74, 6) is -0.951. The Morgan fingerprint density at radius 1 is 1.12 bits per heavy atom. The van der Waals surface area contributed by atoms with Gasteiger partial charge < -0.3 is 14.6 Å². The molecule has 124 valence electrons. The van der Waals surface area contributed by atoms with Crippen LogP contribution in [0.15, 0.2) is 48.5 Å². The van der Waals surface area contributed by atoms with Crippen molar-refractivity contribution < 1.29 is 9.90 Å². The van der Waals surface area contributed by atoms with Crippen LogP contribution in [0, 0.1) is 0 Å². The molecule has 0 aliphatic heterocycles. The summed E-state index contributed by atoms with van der Waals surface area (Å²) in [6, 6.07) is 15.1. The number of aromatic carboxylic acids is 1. The summed E-state index contributed by atoms with van der Waals surface area (Å²) in [4.78, 5) is 14.2. The van der Waals surface area contributed by atoms with Crippen LogP contribution >= 0.6 is 11.6 Å². The highest BCUT2D eigenvalue weighted by Crippen LogP contribution is 2.37. The minimum atomic E-state index is -0.951. The Kier molecular flexibility index (Phi) is 4.49. The number of hydrogen-bond donors (Lipinski definition) is 1. The van der Waals surface area contributed by atoms with Crippen molar-refractivity contribution in [1.82, 2.24) is 4.57 Å². The normalized spacial score (nSPS) is 11.0. The van der Waals surface area contributed by atoms with Gasteiger partial charge in [0, 0.05) is 29.2 Å². The number of carbonyl (C=O) groups is 1. The van der Waals surface area contributed by atoms with E-state index >= 15 is 0 Å². The molecule has 24 heavy (non-hydrogen) atoms. The molecule has 0 atom stereocenters. The Balaban J connectivity index is 2.47. The van der Waals surface area contributed by atoms with Crippen LogP contribution in [0.3, 0.4) is 0 Å². The molecule has 0 spiro atoms. The fraction of sp³-hybridized carbons (Fsp3) is 0.211. The molecule has 0 unspecified atom stereocenters. The van der Waals surface area contributed by atoms with E-state index in [4.69, 9.17) is 11.6 Å². The van der Waals surface area contributed by atoms with Crippen molar-refractivity contribution in [2.75, 3.05) is 18.0 Å². The second-order valence-electron chi connectivity index (χ2n) is 5.51. The third kappa shape index (κ3) is 2.63. The standard InChI is InChI=1S/C19H19ClN2O2/c1-3-21(4-2)17-15-12-13(20)10-11-16(15)22(18(17)19(23)24)14-8-6-5-7-9-14/h5-12H,3-4H2,1-2H3,(H,23,24). The van der Waals surface area contributed by atoms with Gasteiger partial charge in [0.25, 0.3) is 0 Å². The molecule has 0 radical (unpaired) electrons. The minimum Gasteiger partial charge on any atom is -0.476 e. The fourth-order valence-electron chi connectivity index (χ4n) is 3.15. The summed E-state index contributed by atoms with van der Waals surface area (Å²) >= 11 is 6.19. The Hall–Kier alpha value is -2.46. The Morgan fingerprint density at radius 3 is 2.38 bits per heavy atom. The number of hydrogen-bond acceptors (Lipinski definition) is 2. The van der Waals surface area contributed by atoms with Crippen LogP contribution in [0.25, 0.3) is 16.6 Å². The third-order valence-corrected chi connectivity index (χ3v) is 4.43. The van der Waals surface area contributed by atoms with Crippen molar-refractivity contribution in [2.24, 2.45) is 0 Å². The van der Waals surface area contributed by atoms with E-state index in [0.717, 1.165) is 29.7 Å². The largest absolute Gasteiger partial charge is 0.476 e. The minimum absolute atomic E-state index is 0.266. The van der Waals surface area contributed by atoms with E-state index in [-0.39, 0.29) is 5.69 Å². The second-order valence-corrected chi connectivity index (χ2v) is 5.94. The summed E-state index contributed by atoms with van der Waals surface area (Å²) in [6.45, 7) is 5.48. The average Bonchev–Trinajstić information content (AvgIpc) is 2.91. The molecule has 0 aliphatic rings. The van der Waals surface area contributed by atoms with Crippen LogP contribution in [0.5, 0.6) is 0 Å². The van der Waals surface area contributed by atoms with Crippen LogP contribution in [0.4, 0.5) is 5.69 Å². The zero-order valence-electron chi connectivity index (χ0n) is 13.7. The lowest BCUT2D eigenvalue weighted by Gasteiger charge is -2.21. The maximum atomic E-state index is 12.1. The van der Waals surface area contributed by atoms with Gasteiger partial charge in [-0.25, -0.2) is 4.79 Å². The number of anilines is 1. The highest BCUT2D eigenvalue weighted by Gasteiger charge is 2.26. The van der Waals surface area contributed by atoms with Gasteiger partial charge in [-0.2, -0.15) is 0 Å². The monoisotopic (exact) mass is 342 g/mol. The number of aromatic nitrogens is 1. The summed E-state index contributed by atoms with van der Waals surface area (Å²) < 4.78 is 1.79. The molecule has 0 bridgehead atoms. The van der Waals surface area contributed by atoms with Gasteiger partial charge in [0.05, 0.1) is 11.2 Å². The topological polar surface area (TPSA) is 45.5 Å². The number of rotatable bonds is 5. The van der Waals surface area contributed by atoms with E-state index in [0.29, 0.717) is 10.7 Å². The molecule has 2 aromatic carbocycles. The average molecular weight is 343 g/mol. The maximum absolute atomic E-state index is 12.1. The summed E-state index contributed by atoms with van der Waals surface area (Å²) in [5, 5.41) is 11.4. The number of carboxylic acid groups (broad SMARTS) is 1. The first-order valence-electron chi connectivity index (χ1n) is 7.96. The van der Waals surface area contributed by atoms with Gasteiger partial charge in [-0.3, -0.25) is 0 Å². The SMILES string of the molecule is CCN(CC)c1c(C(=O)O)n(-c2ccccc2)c2ccc(Cl)cc12. The van der Waals surface area contributed by atoms with Gasteiger partial charge in [0.2, 0.25) is 0 Å². The second kappa shape index (κ2) is 6.57. The zero-order chi connectivity index (χ0) is 17.3. The lowest BCUT2D eigenvalue weighted by atomic mass is 10.2. The Labute approximate surface area is 145 Å². The molecule has 1 N–H and O–H groups in total. The fourth-order valence-corrected chi connectivity index (χ4v) is 3.32. The Bertz CT molecular complexity index is 883. The Morgan fingerprint density at radius 2 is 1.79 bits per heavy atom. The van der Waals surface area contributed by atoms with E-state index in [1.165, 1.54) is 0 Å². The van der Waals surface area contributed by atoms with E-state index in [2.05, 4.69) is 4.90 Å². The third-order valence-electron chi connectivity index (χ3n) is 4.20. The first-order valence-corrected chi connectivity index (χ1v) is 8.33. The number of benzene rings is 2. The molecule has 0 aliphatic carbocycles. The highest BCUT2D eigenvalue weighted by molar-refractivity contribution is 6.31. The van der Waals surface area contributed by atoms with Crippen molar-refractivity contribution >= 4 is 34.2 Å². The van der Waals surface area contributed by atoms with Crippen molar-refractivity contribution in [3.8, 4) is 5.69 Å². The highest BCUT2D eigenvalue weighted by atomic mass is 35.5. The number of para-hydroxylation sites is 1.